The normalized spacial score (nSPS) is 18.6. The van der Waals surface area contributed by atoms with Gasteiger partial charge in [0.1, 0.15) is 11.5 Å². The van der Waals surface area contributed by atoms with E-state index in [1.165, 1.54) is 18.4 Å². The van der Waals surface area contributed by atoms with Crippen LogP contribution in [-0.2, 0) is 0 Å². The van der Waals surface area contributed by atoms with Gasteiger partial charge in [0.2, 0.25) is 0 Å². The number of rotatable bonds is 5. The van der Waals surface area contributed by atoms with Gasteiger partial charge in [0.15, 0.2) is 0 Å². The predicted molar refractivity (Wildman–Crippen MR) is 68.7 cm³/mol. The zero-order valence-electron chi connectivity index (χ0n) is 11.0. The van der Waals surface area contributed by atoms with E-state index in [1.807, 2.05) is 13.1 Å². The van der Waals surface area contributed by atoms with Crippen LogP contribution >= 0.6 is 0 Å². The molecule has 94 valence electrons. The molecule has 0 aromatic heterocycles. The minimum atomic E-state index is 0.367. The van der Waals surface area contributed by atoms with Crippen LogP contribution in [0.15, 0.2) is 18.2 Å². The van der Waals surface area contributed by atoms with Crippen molar-refractivity contribution in [1.29, 1.82) is 0 Å². The van der Waals surface area contributed by atoms with E-state index in [4.69, 9.17) is 9.47 Å². The molecule has 0 bridgehead atoms. The van der Waals surface area contributed by atoms with Gasteiger partial charge in [-0.15, -0.1) is 0 Å². The molecule has 1 saturated carbocycles. The molecule has 0 amide bonds. The van der Waals surface area contributed by atoms with Crippen LogP contribution in [0.5, 0.6) is 11.5 Å². The summed E-state index contributed by atoms with van der Waals surface area (Å²) >= 11 is 0. The quantitative estimate of drug-likeness (QED) is 0.851. The summed E-state index contributed by atoms with van der Waals surface area (Å²) in [5.41, 5.74) is 1.62. The molecule has 3 nitrogen and oxygen atoms in total. The maximum absolute atomic E-state index is 5.32. The van der Waals surface area contributed by atoms with Crippen LogP contribution in [0, 0.1) is 5.41 Å². The van der Waals surface area contributed by atoms with Crippen molar-refractivity contribution in [2.24, 2.45) is 5.41 Å². The van der Waals surface area contributed by atoms with E-state index in [-0.39, 0.29) is 0 Å². The van der Waals surface area contributed by atoms with E-state index in [2.05, 4.69) is 24.4 Å². The fraction of sp³-hybridized carbons (Fsp3) is 0.571. The van der Waals surface area contributed by atoms with Crippen molar-refractivity contribution in [3.63, 3.8) is 0 Å². The summed E-state index contributed by atoms with van der Waals surface area (Å²) in [5.74, 6) is 1.70. The molecule has 1 aromatic carbocycles. The first-order valence-corrected chi connectivity index (χ1v) is 6.03. The average Bonchev–Trinajstić information content (AvgIpc) is 3.08. The third-order valence-corrected chi connectivity index (χ3v) is 3.73. The van der Waals surface area contributed by atoms with Crippen LogP contribution in [0.2, 0.25) is 0 Å². The van der Waals surface area contributed by atoms with E-state index >= 15 is 0 Å². The first-order valence-electron chi connectivity index (χ1n) is 6.03. The Morgan fingerprint density at radius 2 is 1.65 bits per heavy atom. The smallest absolute Gasteiger partial charge is 0.122 e. The van der Waals surface area contributed by atoms with Crippen molar-refractivity contribution in [1.82, 2.24) is 5.32 Å². The molecule has 3 heteroatoms. The standard InChI is InChI=1S/C14H21NO2/c1-14(5-6-14)13(15-2)10-7-11(16-3)9-12(8-10)17-4/h7-9,13,15H,5-6H2,1-4H3. The van der Waals surface area contributed by atoms with Crippen molar-refractivity contribution in [2.45, 2.75) is 25.8 Å². The molecule has 2 rings (SSSR count). The largest absolute Gasteiger partial charge is 0.497 e. The monoisotopic (exact) mass is 235 g/mol. The maximum atomic E-state index is 5.32. The molecule has 1 atom stereocenters. The van der Waals surface area contributed by atoms with Gasteiger partial charge in [-0.1, -0.05) is 6.92 Å². The highest BCUT2D eigenvalue weighted by atomic mass is 16.5. The number of hydrogen-bond acceptors (Lipinski definition) is 3. The molecule has 1 aromatic rings. The average molecular weight is 235 g/mol. The van der Waals surface area contributed by atoms with Crippen molar-refractivity contribution in [3.8, 4) is 11.5 Å². The highest BCUT2D eigenvalue weighted by Gasteiger charge is 2.45. The molecule has 0 saturated heterocycles. The Kier molecular flexibility index (Phi) is 3.29. The van der Waals surface area contributed by atoms with Crippen molar-refractivity contribution in [2.75, 3.05) is 21.3 Å². The van der Waals surface area contributed by atoms with Crippen molar-refractivity contribution in [3.05, 3.63) is 23.8 Å². The lowest BCUT2D eigenvalue weighted by Gasteiger charge is -2.24. The van der Waals surface area contributed by atoms with E-state index < -0.39 is 0 Å². The molecular formula is C14H21NO2. The van der Waals surface area contributed by atoms with Crippen LogP contribution in [0.3, 0.4) is 0 Å². The molecular weight excluding hydrogens is 214 g/mol. The Hall–Kier alpha value is -1.22. The number of methoxy groups -OCH3 is 2. The lowest BCUT2D eigenvalue weighted by molar-refractivity contribution is 0.373. The van der Waals surface area contributed by atoms with Gasteiger partial charge in [0, 0.05) is 12.1 Å². The minimum absolute atomic E-state index is 0.367. The summed E-state index contributed by atoms with van der Waals surface area (Å²) in [6.45, 7) is 2.32. The molecule has 1 fully saturated rings. The Balaban J connectivity index is 2.35. The molecule has 0 spiro atoms. The van der Waals surface area contributed by atoms with Gasteiger partial charge in [-0.3, -0.25) is 0 Å². The summed E-state index contributed by atoms with van der Waals surface area (Å²) in [5, 5.41) is 3.41. The number of nitrogens with one attached hydrogen (secondary N) is 1. The number of hydrogen-bond donors (Lipinski definition) is 1. The van der Waals surface area contributed by atoms with Crippen LogP contribution in [-0.4, -0.2) is 21.3 Å². The zero-order valence-corrected chi connectivity index (χ0v) is 11.0. The summed E-state index contributed by atoms with van der Waals surface area (Å²) in [6, 6.07) is 6.46. The molecule has 0 heterocycles. The first-order chi connectivity index (χ1) is 8.12. The van der Waals surface area contributed by atoms with E-state index in [0.717, 1.165) is 11.5 Å². The molecule has 1 aliphatic carbocycles. The highest BCUT2D eigenvalue weighted by molar-refractivity contribution is 5.41. The number of ether oxygens (including phenoxy) is 2. The topological polar surface area (TPSA) is 30.5 Å². The summed E-state index contributed by atoms with van der Waals surface area (Å²) in [6.07, 6.45) is 2.55. The van der Waals surface area contributed by atoms with Gasteiger partial charge in [-0.2, -0.15) is 0 Å². The predicted octanol–water partition coefficient (Wildman–Crippen LogP) is 2.76. The van der Waals surface area contributed by atoms with Gasteiger partial charge in [-0.25, -0.2) is 0 Å². The van der Waals surface area contributed by atoms with E-state index in [1.54, 1.807) is 14.2 Å². The highest BCUT2D eigenvalue weighted by Crippen LogP contribution is 2.54. The second-order valence-corrected chi connectivity index (χ2v) is 5.02. The van der Waals surface area contributed by atoms with Crippen LogP contribution in [0.25, 0.3) is 0 Å². The fourth-order valence-electron chi connectivity index (χ4n) is 2.40. The second kappa shape index (κ2) is 4.57. The Morgan fingerprint density at radius 1 is 1.12 bits per heavy atom. The third-order valence-electron chi connectivity index (χ3n) is 3.73. The molecule has 0 radical (unpaired) electrons. The minimum Gasteiger partial charge on any atom is -0.497 e. The van der Waals surface area contributed by atoms with Gasteiger partial charge < -0.3 is 14.8 Å². The Bertz CT molecular complexity index is 377. The fourth-order valence-corrected chi connectivity index (χ4v) is 2.40. The van der Waals surface area contributed by atoms with Gasteiger partial charge in [0.05, 0.1) is 14.2 Å². The van der Waals surface area contributed by atoms with E-state index in [9.17, 15) is 0 Å². The molecule has 0 aliphatic heterocycles. The summed E-state index contributed by atoms with van der Waals surface area (Å²) < 4.78 is 10.6. The lowest BCUT2D eigenvalue weighted by atomic mass is 9.91. The van der Waals surface area contributed by atoms with Gasteiger partial charge in [-0.05, 0) is 43.0 Å². The molecule has 1 unspecified atom stereocenters. The Morgan fingerprint density at radius 3 is 2.00 bits per heavy atom. The van der Waals surface area contributed by atoms with Crippen LogP contribution < -0.4 is 14.8 Å². The second-order valence-electron chi connectivity index (χ2n) is 5.02. The van der Waals surface area contributed by atoms with Crippen LogP contribution in [0.4, 0.5) is 0 Å². The third kappa shape index (κ3) is 2.39. The number of benzene rings is 1. The summed E-state index contributed by atoms with van der Waals surface area (Å²) in [7, 11) is 5.39. The lowest BCUT2D eigenvalue weighted by Crippen LogP contribution is -2.24. The first kappa shape index (κ1) is 12.2. The zero-order chi connectivity index (χ0) is 12.5. The molecule has 1 aliphatic rings. The van der Waals surface area contributed by atoms with E-state index in [0.29, 0.717) is 11.5 Å². The Labute approximate surface area is 103 Å². The van der Waals surface area contributed by atoms with Gasteiger partial charge in [0.25, 0.3) is 0 Å². The SMILES string of the molecule is CNC(c1cc(OC)cc(OC)c1)C1(C)CC1. The molecule has 1 N–H and O–H groups in total. The van der Waals surface area contributed by atoms with Crippen molar-refractivity contribution >= 4 is 0 Å². The maximum Gasteiger partial charge on any atom is 0.122 e. The van der Waals surface area contributed by atoms with Crippen LogP contribution in [0.1, 0.15) is 31.4 Å². The van der Waals surface area contributed by atoms with Crippen molar-refractivity contribution < 1.29 is 9.47 Å². The van der Waals surface area contributed by atoms with Gasteiger partial charge >= 0.3 is 0 Å². The molecule has 17 heavy (non-hydrogen) atoms. The summed E-state index contributed by atoms with van der Waals surface area (Å²) in [4.78, 5) is 0.